The van der Waals surface area contributed by atoms with Gasteiger partial charge in [-0.05, 0) is 32.0 Å². The lowest BCUT2D eigenvalue weighted by atomic mass is 10.2. The monoisotopic (exact) mass is 313 g/mol. The number of hydrogen-bond acceptors (Lipinski definition) is 5. The minimum absolute atomic E-state index is 0.188. The molecule has 0 saturated heterocycles. The molecular weight excluding hydrogens is 298 g/mol. The maximum Gasteiger partial charge on any atom is 0.287 e. The van der Waals surface area contributed by atoms with Crippen molar-refractivity contribution in [1.29, 1.82) is 0 Å². The molecule has 0 radical (unpaired) electrons. The highest BCUT2D eigenvalue weighted by Crippen LogP contribution is 2.25. The zero-order valence-electron chi connectivity index (χ0n) is 12.2. The van der Waals surface area contributed by atoms with E-state index in [1.165, 1.54) is 17.6 Å². The Morgan fingerprint density at radius 1 is 1.41 bits per heavy atom. The molecule has 1 amide bonds. The number of hydrogen-bond donors (Lipinski definition) is 1. The first kappa shape index (κ1) is 14.5. The fourth-order valence-electron chi connectivity index (χ4n) is 2.06. The average Bonchev–Trinajstić information content (AvgIpc) is 3.17. The highest BCUT2D eigenvalue weighted by Gasteiger charge is 2.18. The first-order valence-corrected chi connectivity index (χ1v) is 7.74. The summed E-state index contributed by atoms with van der Waals surface area (Å²) < 4.78 is 5.20. The van der Waals surface area contributed by atoms with E-state index >= 15 is 0 Å². The summed E-state index contributed by atoms with van der Waals surface area (Å²) in [5.41, 5.74) is 2.65. The number of nitrogens with zero attached hydrogens (tertiary/aromatic N) is 2. The molecule has 3 aromatic heterocycles. The molecular formula is C16H15N3O2S. The van der Waals surface area contributed by atoms with Crippen LogP contribution in [0.5, 0.6) is 0 Å². The van der Waals surface area contributed by atoms with Crippen molar-refractivity contribution < 1.29 is 9.21 Å². The van der Waals surface area contributed by atoms with Crippen molar-refractivity contribution in [2.24, 2.45) is 0 Å². The molecule has 1 N–H and O–H groups in total. The summed E-state index contributed by atoms with van der Waals surface area (Å²) in [6, 6.07) is 5.41. The Morgan fingerprint density at radius 2 is 2.27 bits per heavy atom. The topological polar surface area (TPSA) is 68.0 Å². The minimum Gasteiger partial charge on any atom is -0.459 e. The van der Waals surface area contributed by atoms with Crippen LogP contribution in [0.2, 0.25) is 0 Å². The molecule has 0 fully saturated rings. The fraction of sp³-hybridized carbons (Fsp3) is 0.188. The second-order valence-electron chi connectivity index (χ2n) is 4.94. The molecule has 6 heteroatoms. The molecule has 5 nitrogen and oxygen atoms in total. The third kappa shape index (κ3) is 2.92. The number of aromatic nitrogens is 2. The Bertz CT molecular complexity index is 780. The lowest BCUT2D eigenvalue weighted by molar-refractivity contribution is 0.0911. The third-order valence-electron chi connectivity index (χ3n) is 3.27. The predicted molar refractivity (Wildman–Crippen MR) is 84.7 cm³/mol. The fourth-order valence-corrected chi connectivity index (χ4v) is 2.90. The van der Waals surface area contributed by atoms with E-state index in [0.717, 1.165) is 21.8 Å². The van der Waals surface area contributed by atoms with Gasteiger partial charge in [-0.25, -0.2) is 4.98 Å². The van der Waals surface area contributed by atoms with Crippen molar-refractivity contribution in [2.75, 3.05) is 0 Å². The Hall–Kier alpha value is -2.47. The SMILES string of the molecule is Cc1ccoc1C(=O)N[C@H](C)c1nc(-c2cccnc2)cs1. The van der Waals surface area contributed by atoms with Crippen LogP contribution < -0.4 is 5.32 Å². The second kappa shape index (κ2) is 6.11. The van der Waals surface area contributed by atoms with Gasteiger partial charge in [0.15, 0.2) is 5.76 Å². The van der Waals surface area contributed by atoms with Gasteiger partial charge in [0.05, 0.1) is 18.0 Å². The van der Waals surface area contributed by atoms with Crippen molar-refractivity contribution in [3.63, 3.8) is 0 Å². The van der Waals surface area contributed by atoms with Crippen LogP contribution in [0.3, 0.4) is 0 Å². The molecule has 0 aliphatic rings. The number of rotatable bonds is 4. The maximum atomic E-state index is 12.1. The number of aryl methyl sites for hydroxylation is 1. The van der Waals surface area contributed by atoms with Crippen LogP contribution in [0.1, 0.15) is 34.1 Å². The van der Waals surface area contributed by atoms with Crippen LogP contribution in [0, 0.1) is 6.92 Å². The Labute approximate surface area is 132 Å². The van der Waals surface area contributed by atoms with Gasteiger partial charge < -0.3 is 9.73 Å². The summed E-state index contributed by atoms with van der Waals surface area (Å²) in [6.07, 6.45) is 5.01. The van der Waals surface area contributed by atoms with Gasteiger partial charge in [0.1, 0.15) is 5.01 Å². The van der Waals surface area contributed by atoms with Crippen molar-refractivity contribution >= 4 is 17.2 Å². The number of carbonyl (C=O) groups is 1. The number of furan rings is 1. The van der Waals surface area contributed by atoms with E-state index in [2.05, 4.69) is 15.3 Å². The second-order valence-corrected chi connectivity index (χ2v) is 5.83. The minimum atomic E-state index is -0.229. The first-order chi connectivity index (χ1) is 10.6. The molecule has 0 aromatic carbocycles. The number of amides is 1. The zero-order chi connectivity index (χ0) is 15.5. The molecule has 112 valence electrons. The number of carbonyl (C=O) groups excluding carboxylic acids is 1. The summed E-state index contributed by atoms with van der Waals surface area (Å²) >= 11 is 1.51. The van der Waals surface area contributed by atoms with Crippen LogP contribution in [0.15, 0.2) is 46.7 Å². The lowest BCUT2D eigenvalue weighted by Crippen LogP contribution is -2.26. The molecule has 3 aromatic rings. The van der Waals surface area contributed by atoms with Gasteiger partial charge in [0, 0.05) is 28.9 Å². The highest BCUT2D eigenvalue weighted by molar-refractivity contribution is 7.10. The van der Waals surface area contributed by atoms with E-state index in [9.17, 15) is 4.79 Å². The third-order valence-corrected chi connectivity index (χ3v) is 4.29. The largest absolute Gasteiger partial charge is 0.459 e. The lowest BCUT2D eigenvalue weighted by Gasteiger charge is -2.10. The molecule has 1 atom stereocenters. The molecule has 0 spiro atoms. The standard InChI is InChI=1S/C16H15N3O2S/c1-10-5-7-21-14(10)15(20)18-11(2)16-19-13(9-22-16)12-4-3-6-17-8-12/h3-9,11H,1-2H3,(H,18,20)/t11-/m1/s1. The zero-order valence-corrected chi connectivity index (χ0v) is 13.1. The summed E-state index contributed by atoms with van der Waals surface area (Å²) in [5, 5.41) is 5.71. The van der Waals surface area contributed by atoms with E-state index in [1.807, 2.05) is 31.4 Å². The molecule has 0 saturated carbocycles. The van der Waals surface area contributed by atoms with Crippen molar-refractivity contribution in [3.8, 4) is 11.3 Å². The maximum absolute atomic E-state index is 12.1. The van der Waals surface area contributed by atoms with Gasteiger partial charge in [-0.15, -0.1) is 11.3 Å². The van der Waals surface area contributed by atoms with E-state index < -0.39 is 0 Å². The van der Waals surface area contributed by atoms with Crippen LogP contribution in [-0.4, -0.2) is 15.9 Å². The van der Waals surface area contributed by atoms with E-state index in [0.29, 0.717) is 5.76 Å². The van der Waals surface area contributed by atoms with Crippen LogP contribution in [0.25, 0.3) is 11.3 Å². The first-order valence-electron chi connectivity index (χ1n) is 6.86. The van der Waals surface area contributed by atoms with Gasteiger partial charge >= 0.3 is 0 Å². The van der Waals surface area contributed by atoms with Gasteiger partial charge in [-0.2, -0.15) is 0 Å². The predicted octanol–water partition coefficient (Wildman–Crippen LogP) is 3.60. The van der Waals surface area contributed by atoms with Crippen LogP contribution in [0.4, 0.5) is 0 Å². The van der Waals surface area contributed by atoms with Crippen LogP contribution >= 0.6 is 11.3 Å². The van der Waals surface area contributed by atoms with E-state index in [-0.39, 0.29) is 11.9 Å². The molecule has 0 bridgehead atoms. The van der Waals surface area contributed by atoms with Crippen molar-refractivity contribution in [1.82, 2.24) is 15.3 Å². The molecule has 0 aliphatic heterocycles. The molecule has 3 heterocycles. The highest BCUT2D eigenvalue weighted by atomic mass is 32.1. The number of nitrogens with one attached hydrogen (secondary N) is 1. The molecule has 0 aliphatic carbocycles. The summed E-state index contributed by atoms with van der Waals surface area (Å²) in [5.74, 6) is 0.115. The number of thiazole rings is 1. The van der Waals surface area contributed by atoms with E-state index in [1.54, 1.807) is 18.5 Å². The normalized spacial score (nSPS) is 12.1. The smallest absolute Gasteiger partial charge is 0.287 e. The van der Waals surface area contributed by atoms with Crippen molar-refractivity contribution in [3.05, 3.63) is 58.6 Å². The Kier molecular flexibility index (Phi) is 4.02. The van der Waals surface area contributed by atoms with E-state index in [4.69, 9.17) is 4.42 Å². The average molecular weight is 313 g/mol. The van der Waals surface area contributed by atoms with Crippen molar-refractivity contribution in [2.45, 2.75) is 19.9 Å². The van der Waals surface area contributed by atoms with Gasteiger partial charge in [0.25, 0.3) is 5.91 Å². The molecule has 22 heavy (non-hydrogen) atoms. The van der Waals surface area contributed by atoms with Gasteiger partial charge in [0.2, 0.25) is 0 Å². The van der Waals surface area contributed by atoms with Crippen LogP contribution in [-0.2, 0) is 0 Å². The summed E-state index contributed by atoms with van der Waals surface area (Å²) in [7, 11) is 0. The molecule has 0 unspecified atom stereocenters. The summed E-state index contributed by atoms with van der Waals surface area (Å²) in [6.45, 7) is 3.75. The summed E-state index contributed by atoms with van der Waals surface area (Å²) in [4.78, 5) is 20.8. The van der Waals surface area contributed by atoms with Gasteiger partial charge in [-0.3, -0.25) is 9.78 Å². The Balaban J connectivity index is 1.73. The Morgan fingerprint density at radius 3 is 2.95 bits per heavy atom. The molecule has 3 rings (SSSR count). The quantitative estimate of drug-likeness (QED) is 0.799. The van der Waals surface area contributed by atoms with Gasteiger partial charge in [-0.1, -0.05) is 0 Å². The number of pyridine rings is 1.